The van der Waals surface area contributed by atoms with E-state index in [4.69, 9.17) is 9.47 Å². The summed E-state index contributed by atoms with van der Waals surface area (Å²) in [7, 11) is 1.62. The SMILES string of the molecule is Cc1c(O)[nH]c(O)c1C(=O)[C@@H](NC(=O)C[C@@H](c1ccccc1)N(C)C(=O)C=Cc1ccc2c(c1)OCO2)C(C)C. The van der Waals surface area contributed by atoms with Gasteiger partial charge in [-0.2, -0.15) is 0 Å². The molecular weight excluding hydrogens is 514 g/mol. The molecule has 0 spiro atoms. The van der Waals surface area contributed by atoms with Crippen LogP contribution >= 0.6 is 0 Å². The van der Waals surface area contributed by atoms with E-state index in [1.807, 2.05) is 36.4 Å². The molecule has 0 aliphatic carbocycles. The summed E-state index contributed by atoms with van der Waals surface area (Å²) in [6.07, 6.45) is 2.98. The Morgan fingerprint density at radius 3 is 2.40 bits per heavy atom. The van der Waals surface area contributed by atoms with Crippen LogP contribution in [0.25, 0.3) is 6.08 Å². The minimum absolute atomic E-state index is 0.0722. The van der Waals surface area contributed by atoms with Gasteiger partial charge in [-0.3, -0.25) is 19.4 Å². The van der Waals surface area contributed by atoms with Gasteiger partial charge in [-0.25, -0.2) is 0 Å². The van der Waals surface area contributed by atoms with Crippen molar-refractivity contribution in [1.82, 2.24) is 15.2 Å². The Morgan fingerprint density at radius 1 is 1.05 bits per heavy atom. The number of Topliss-reactive ketones (excluding diaryl/α,β-unsaturated/α-hetero) is 1. The maximum Gasteiger partial charge on any atom is 0.246 e. The number of H-pyrrole nitrogens is 1. The lowest BCUT2D eigenvalue weighted by molar-refractivity contribution is -0.129. The van der Waals surface area contributed by atoms with E-state index in [1.165, 1.54) is 17.9 Å². The van der Waals surface area contributed by atoms with Gasteiger partial charge >= 0.3 is 0 Å². The Hall–Kier alpha value is -4.73. The summed E-state index contributed by atoms with van der Waals surface area (Å²) in [5.41, 5.74) is 1.63. The van der Waals surface area contributed by atoms with Crippen molar-refractivity contribution in [2.24, 2.45) is 5.92 Å². The highest BCUT2D eigenvalue weighted by Crippen LogP contribution is 2.33. The summed E-state index contributed by atoms with van der Waals surface area (Å²) in [6.45, 7) is 5.20. The van der Waals surface area contributed by atoms with Crippen molar-refractivity contribution in [2.75, 3.05) is 13.8 Å². The highest BCUT2D eigenvalue weighted by molar-refractivity contribution is 6.05. The molecule has 0 radical (unpaired) electrons. The number of carbonyl (C=O) groups is 3. The number of rotatable bonds is 10. The zero-order valence-corrected chi connectivity index (χ0v) is 22.8. The molecule has 0 unspecified atom stereocenters. The summed E-state index contributed by atoms with van der Waals surface area (Å²) < 4.78 is 10.7. The fourth-order valence-electron chi connectivity index (χ4n) is 4.57. The van der Waals surface area contributed by atoms with Crippen molar-refractivity contribution in [3.63, 3.8) is 0 Å². The van der Waals surface area contributed by atoms with Crippen molar-refractivity contribution in [3.8, 4) is 23.3 Å². The van der Waals surface area contributed by atoms with Crippen LogP contribution < -0.4 is 14.8 Å². The molecule has 210 valence electrons. The lowest BCUT2D eigenvalue weighted by Gasteiger charge is -2.29. The molecular formula is C30H33N3O7. The van der Waals surface area contributed by atoms with Gasteiger partial charge in [0.1, 0.15) is 0 Å². The zero-order valence-electron chi connectivity index (χ0n) is 22.8. The smallest absolute Gasteiger partial charge is 0.246 e. The molecule has 0 saturated heterocycles. The number of nitrogens with zero attached hydrogens (tertiary/aromatic N) is 1. The monoisotopic (exact) mass is 547 g/mol. The first-order valence-corrected chi connectivity index (χ1v) is 12.9. The summed E-state index contributed by atoms with van der Waals surface area (Å²) in [6, 6.07) is 12.9. The number of likely N-dealkylation sites (N-methyl/N-ethyl adjacent to an activating group) is 1. The first kappa shape index (κ1) is 28.3. The lowest BCUT2D eigenvalue weighted by atomic mass is 9.93. The number of benzene rings is 2. The number of hydrogen-bond donors (Lipinski definition) is 4. The van der Waals surface area contributed by atoms with Gasteiger partial charge in [0.05, 0.1) is 24.1 Å². The van der Waals surface area contributed by atoms with E-state index >= 15 is 0 Å². The molecule has 0 saturated carbocycles. The molecule has 4 N–H and O–H groups in total. The van der Waals surface area contributed by atoms with Crippen LogP contribution in [0.5, 0.6) is 23.3 Å². The second-order valence-electron chi connectivity index (χ2n) is 10.0. The lowest BCUT2D eigenvalue weighted by Crippen LogP contribution is -2.45. The molecule has 10 nitrogen and oxygen atoms in total. The van der Waals surface area contributed by atoms with Crippen LogP contribution in [0.3, 0.4) is 0 Å². The van der Waals surface area contributed by atoms with E-state index in [9.17, 15) is 24.6 Å². The fourth-order valence-corrected chi connectivity index (χ4v) is 4.57. The summed E-state index contributed by atoms with van der Waals surface area (Å²) in [4.78, 5) is 43.6. The standard InChI is InChI=1S/C30H33N3O7/c1-17(2)27(28(36)26-18(3)29(37)32-30(26)38)31-24(34)15-21(20-8-6-5-7-9-20)33(4)25(35)13-11-19-10-12-22-23(14-19)40-16-39-22/h5-14,17,21,27,32,37-38H,15-16H2,1-4H3,(H,31,34)/t21-,27-/m0/s1. The molecule has 3 aromatic rings. The fraction of sp³-hybridized carbons (Fsp3) is 0.300. The number of aromatic amines is 1. The Balaban J connectivity index is 1.51. The second-order valence-corrected chi connectivity index (χ2v) is 10.0. The van der Waals surface area contributed by atoms with Gasteiger partial charge < -0.3 is 29.9 Å². The van der Waals surface area contributed by atoms with Gasteiger partial charge in [-0.15, -0.1) is 0 Å². The molecule has 1 aliphatic rings. The van der Waals surface area contributed by atoms with E-state index in [-0.39, 0.29) is 42.0 Å². The van der Waals surface area contributed by atoms with E-state index in [0.717, 1.165) is 11.1 Å². The summed E-state index contributed by atoms with van der Waals surface area (Å²) in [5, 5.41) is 22.8. The molecule has 1 aliphatic heterocycles. The van der Waals surface area contributed by atoms with Gasteiger partial charge in [0.2, 0.25) is 24.5 Å². The number of hydrogen-bond acceptors (Lipinski definition) is 7. The molecule has 4 rings (SSSR count). The van der Waals surface area contributed by atoms with Crippen molar-refractivity contribution < 1.29 is 34.1 Å². The predicted molar refractivity (Wildman–Crippen MR) is 148 cm³/mol. The van der Waals surface area contributed by atoms with Crippen molar-refractivity contribution in [2.45, 2.75) is 39.3 Å². The Bertz CT molecular complexity index is 1430. The number of fused-ring (bicyclic) bond motifs is 1. The minimum Gasteiger partial charge on any atom is -0.494 e. The average Bonchev–Trinajstić information content (AvgIpc) is 3.50. The van der Waals surface area contributed by atoms with Gasteiger partial charge in [-0.1, -0.05) is 50.2 Å². The van der Waals surface area contributed by atoms with Crippen molar-refractivity contribution in [1.29, 1.82) is 0 Å². The average molecular weight is 548 g/mol. The van der Waals surface area contributed by atoms with Crippen LogP contribution in [-0.4, -0.2) is 57.6 Å². The van der Waals surface area contributed by atoms with Crippen molar-refractivity contribution >= 4 is 23.7 Å². The summed E-state index contributed by atoms with van der Waals surface area (Å²) in [5.74, 6) is -1.12. The number of carbonyl (C=O) groups excluding carboxylic acids is 3. The highest BCUT2D eigenvalue weighted by Gasteiger charge is 2.32. The number of aromatic nitrogens is 1. The van der Waals surface area contributed by atoms with Crippen LogP contribution in [0.15, 0.2) is 54.6 Å². The van der Waals surface area contributed by atoms with Gasteiger partial charge in [0.25, 0.3) is 0 Å². The number of ketones is 1. The van der Waals surface area contributed by atoms with Gasteiger partial charge in [0.15, 0.2) is 23.2 Å². The van der Waals surface area contributed by atoms with Gasteiger partial charge in [0, 0.05) is 18.7 Å². The summed E-state index contributed by atoms with van der Waals surface area (Å²) >= 11 is 0. The Labute approximate surface area is 232 Å². The molecule has 1 aromatic heterocycles. The van der Waals surface area contributed by atoms with Crippen LogP contribution in [-0.2, 0) is 9.59 Å². The zero-order chi connectivity index (χ0) is 29.0. The largest absolute Gasteiger partial charge is 0.494 e. The third-order valence-corrected chi connectivity index (χ3v) is 6.91. The Morgan fingerprint density at radius 2 is 1.75 bits per heavy atom. The van der Waals surface area contributed by atoms with E-state index in [0.29, 0.717) is 11.5 Å². The van der Waals surface area contributed by atoms with Crippen LogP contribution in [0, 0.1) is 12.8 Å². The second kappa shape index (κ2) is 12.0. The van der Waals surface area contributed by atoms with Crippen LogP contribution in [0.2, 0.25) is 0 Å². The van der Waals surface area contributed by atoms with E-state index < -0.39 is 29.7 Å². The first-order valence-electron chi connectivity index (χ1n) is 12.9. The van der Waals surface area contributed by atoms with Crippen LogP contribution in [0.4, 0.5) is 0 Å². The normalized spacial score (nSPS) is 13.8. The number of nitrogens with one attached hydrogen (secondary N) is 2. The highest BCUT2D eigenvalue weighted by atomic mass is 16.7. The van der Waals surface area contributed by atoms with E-state index in [2.05, 4.69) is 10.3 Å². The predicted octanol–water partition coefficient (Wildman–Crippen LogP) is 4.09. The molecule has 0 bridgehead atoms. The topological polar surface area (TPSA) is 141 Å². The molecule has 0 fully saturated rings. The quantitative estimate of drug-likeness (QED) is 0.221. The molecule has 40 heavy (non-hydrogen) atoms. The maximum atomic E-state index is 13.3. The molecule has 2 amide bonds. The van der Waals surface area contributed by atoms with Gasteiger partial charge in [-0.05, 0) is 42.2 Å². The minimum atomic E-state index is -0.962. The first-order chi connectivity index (χ1) is 19.1. The van der Waals surface area contributed by atoms with E-state index in [1.54, 1.807) is 39.1 Å². The molecule has 2 aromatic carbocycles. The third kappa shape index (κ3) is 6.12. The van der Waals surface area contributed by atoms with Crippen LogP contribution in [0.1, 0.15) is 53.4 Å². The number of aromatic hydroxyl groups is 2. The third-order valence-electron chi connectivity index (χ3n) is 6.91. The Kier molecular flexibility index (Phi) is 8.47. The molecule has 2 atom stereocenters. The van der Waals surface area contributed by atoms with Crippen molar-refractivity contribution in [3.05, 3.63) is 76.9 Å². The molecule has 10 heteroatoms. The number of ether oxygens (including phenoxy) is 2. The number of amides is 2. The maximum absolute atomic E-state index is 13.3. The molecule has 2 heterocycles.